The fourth-order valence-electron chi connectivity index (χ4n) is 2.82. The number of pyridine rings is 1. The average Bonchev–Trinajstić information content (AvgIpc) is 2.95. The van der Waals surface area contributed by atoms with Crippen LogP contribution in [0.5, 0.6) is 0 Å². The predicted molar refractivity (Wildman–Crippen MR) is 85.1 cm³/mol. The highest BCUT2D eigenvalue weighted by Gasteiger charge is 2.22. The minimum absolute atomic E-state index is 0.758. The van der Waals surface area contributed by atoms with Crippen molar-refractivity contribution in [3.05, 3.63) is 24.4 Å². The molecule has 0 aliphatic carbocycles. The number of anilines is 1. The van der Waals surface area contributed by atoms with E-state index in [1.165, 1.54) is 32.6 Å². The molecule has 2 heterocycles. The molecule has 20 heavy (non-hydrogen) atoms. The molecule has 1 aliphatic rings. The number of likely N-dealkylation sites (N-methyl/N-ethyl adjacent to an activating group) is 1. The number of nitrogens with one attached hydrogen (secondary N) is 1. The molecule has 0 saturated carbocycles. The number of aromatic nitrogens is 1. The summed E-state index contributed by atoms with van der Waals surface area (Å²) in [6, 6.07) is 6.02. The highest BCUT2D eigenvalue weighted by atomic mass is 15.2. The molecule has 0 radical (unpaired) electrons. The van der Waals surface area contributed by atoms with E-state index < -0.39 is 0 Å². The van der Waals surface area contributed by atoms with E-state index in [-0.39, 0.29) is 0 Å². The minimum Gasteiger partial charge on any atom is -0.370 e. The summed E-state index contributed by atoms with van der Waals surface area (Å²) < 4.78 is 0. The smallest absolute Gasteiger partial charge is 0.125 e. The van der Waals surface area contributed by atoms with Gasteiger partial charge in [-0.15, -0.1) is 0 Å². The van der Waals surface area contributed by atoms with E-state index in [9.17, 15) is 0 Å². The summed E-state index contributed by atoms with van der Waals surface area (Å²) in [5.41, 5.74) is 0. The van der Waals surface area contributed by atoms with Gasteiger partial charge in [-0.05, 0) is 44.1 Å². The largest absolute Gasteiger partial charge is 0.370 e. The van der Waals surface area contributed by atoms with Crippen molar-refractivity contribution in [3.8, 4) is 0 Å². The Morgan fingerprint density at radius 2 is 2.20 bits per heavy atom. The maximum absolute atomic E-state index is 4.31. The number of hydrogen-bond donors (Lipinski definition) is 1. The third-order valence-corrected chi connectivity index (χ3v) is 4.23. The third kappa shape index (κ3) is 4.76. The second-order valence-corrected chi connectivity index (χ2v) is 5.58. The Balaban J connectivity index is 1.65. The van der Waals surface area contributed by atoms with E-state index in [0.29, 0.717) is 0 Å². The molecule has 1 saturated heterocycles. The van der Waals surface area contributed by atoms with Crippen molar-refractivity contribution >= 4 is 5.82 Å². The first-order valence-electron chi connectivity index (χ1n) is 7.91. The Kier molecular flexibility index (Phi) is 6.27. The fraction of sp³-hybridized carbons (Fsp3) is 0.688. The molecular weight excluding hydrogens is 248 g/mol. The highest BCUT2D eigenvalue weighted by Crippen LogP contribution is 2.16. The minimum atomic E-state index is 0.758. The molecular formula is C16H28N4. The summed E-state index contributed by atoms with van der Waals surface area (Å²) in [4.78, 5) is 9.41. The van der Waals surface area contributed by atoms with Gasteiger partial charge in [-0.2, -0.15) is 0 Å². The summed E-state index contributed by atoms with van der Waals surface area (Å²) in [5, 5.41) is 3.45. The zero-order valence-corrected chi connectivity index (χ0v) is 12.9. The molecule has 0 amide bonds. The maximum atomic E-state index is 4.31. The second kappa shape index (κ2) is 8.22. The summed E-state index contributed by atoms with van der Waals surface area (Å²) >= 11 is 0. The van der Waals surface area contributed by atoms with Crippen LogP contribution in [-0.2, 0) is 0 Å². The van der Waals surface area contributed by atoms with Crippen LogP contribution in [0.15, 0.2) is 24.4 Å². The number of likely N-dealkylation sites (tertiary alicyclic amines) is 1. The van der Waals surface area contributed by atoms with Crippen molar-refractivity contribution in [2.75, 3.05) is 51.1 Å². The molecule has 1 aromatic heterocycles. The van der Waals surface area contributed by atoms with Crippen molar-refractivity contribution < 1.29 is 0 Å². The van der Waals surface area contributed by atoms with E-state index in [0.717, 1.165) is 31.4 Å². The lowest BCUT2D eigenvalue weighted by atomic mass is 10.1. The van der Waals surface area contributed by atoms with Gasteiger partial charge in [-0.25, -0.2) is 4.98 Å². The molecule has 1 N–H and O–H groups in total. The van der Waals surface area contributed by atoms with Gasteiger partial charge in [0.25, 0.3) is 0 Å². The van der Waals surface area contributed by atoms with Crippen molar-refractivity contribution in [1.29, 1.82) is 0 Å². The quantitative estimate of drug-likeness (QED) is 0.788. The van der Waals surface area contributed by atoms with E-state index in [1.807, 2.05) is 24.4 Å². The molecule has 1 atom stereocenters. The first-order chi connectivity index (χ1) is 9.81. The Bertz CT molecular complexity index is 364. The predicted octanol–water partition coefficient (Wildman–Crippen LogP) is 2.16. The van der Waals surface area contributed by atoms with Gasteiger partial charge in [-0.1, -0.05) is 19.9 Å². The Hall–Kier alpha value is -1.13. The van der Waals surface area contributed by atoms with Crippen molar-refractivity contribution in [1.82, 2.24) is 14.8 Å². The van der Waals surface area contributed by atoms with Gasteiger partial charge < -0.3 is 15.1 Å². The lowest BCUT2D eigenvalue weighted by molar-refractivity contribution is 0.237. The summed E-state index contributed by atoms with van der Waals surface area (Å²) in [5.74, 6) is 1.75. The molecule has 4 nitrogen and oxygen atoms in total. The van der Waals surface area contributed by atoms with Gasteiger partial charge in [0.1, 0.15) is 5.82 Å². The molecule has 1 aliphatic heterocycles. The van der Waals surface area contributed by atoms with Gasteiger partial charge in [0.05, 0.1) is 0 Å². The van der Waals surface area contributed by atoms with Gasteiger partial charge in [0.15, 0.2) is 0 Å². The van der Waals surface area contributed by atoms with Crippen LogP contribution in [0.3, 0.4) is 0 Å². The van der Waals surface area contributed by atoms with Crippen LogP contribution in [-0.4, -0.2) is 60.6 Å². The zero-order valence-electron chi connectivity index (χ0n) is 12.9. The standard InChI is InChI=1S/C16H28N4/c1-3-19(4-2)11-12-20-10-8-15(14-20)13-18-16-7-5-6-9-17-16/h5-7,9,15H,3-4,8,10-14H2,1-2H3,(H,17,18)/t15-/m1/s1. The van der Waals surface area contributed by atoms with Crippen LogP contribution in [0.1, 0.15) is 20.3 Å². The molecule has 4 heteroatoms. The number of nitrogens with zero attached hydrogens (tertiary/aromatic N) is 3. The van der Waals surface area contributed by atoms with E-state index in [2.05, 4.69) is 33.9 Å². The van der Waals surface area contributed by atoms with Crippen LogP contribution in [0.2, 0.25) is 0 Å². The van der Waals surface area contributed by atoms with E-state index in [1.54, 1.807) is 0 Å². The van der Waals surface area contributed by atoms with Crippen molar-refractivity contribution in [2.24, 2.45) is 5.92 Å². The Morgan fingerprint density at radius 3 is 2.90 bits per heavy atom. The lowest BCUT2D eigenvalue weighted by Crippen LogP contribution is -2.34. The second-order valence-electron chi connectivity index (χ2n) is 5.58. The van der Waals surface area contributed by atoms with Crippen LogP contribution in [0.4, 0.5) is 5.82 Å². The fourth-order valence-corrected chi connectivity index (χ4v) is 2.82. The molecule has 2 rings (SSSR count). The highest BCUT2D eigenvalue weighted by molar-refractivity contribution is 5.33. The van der Waals surface area contributed by atoms with Crippen molar-refractivity contribution in [3.63, 3.8) is 0 Å². The Morgan fingerprint density at radius 1 is 1.35 bits per heavy atom. The number of rotatable bonds is 8. The van der Waals surface area contributed by atoms with Crippen molar-refractivity contribution in [2.45, 2.75) is 20.3 Å². The molecule has 112 valence electrons. The van der Waals surface area contributed by atoms with Gasteiger partial charge in [0.2, 0.25) is 0 Å². The van der Waals surface area contributed by atoms with Gasteiger partial charge in [-0.3, -0.25) is 0 Å². The summed E-state index contributed by atoms with van der Waals surface area (Å²) in [7, 11) is 0. The SMILES string of the molecule is CCN(CC)CCN1CC[C@H](CNc2ccccn2)C1. The summed E-state index contributed by atoms with van der Waals surface area (Å²) in [6.07, 6.45) is 3.14. The van der Waals surface area contributed by atoms with Crippen LogP contribution in [0.25, 0.3) is 0 Å². The number of hydrogen-bond acceptors (Lipinski definition) is 4. The van der Waals surface area contributed by atoms with Gasteiger partial charge >= 0.3 is 0 Å². The zero-order chi connectivity index (χ0) is 14.2. The molecule has 1 aromatic rings. The van der Waals surface area contributed by atoms with E-state index in [4.69, 9.17) is 0 Å². The van der Waals surface area contributed by atoms with E-state index >= 15 is 0 Å². The lowest BCUT2D eigenvalue weighted by Gasteiger charge is -2.22. The normalized spacial score (nSPS) is 19.6. The monoisotopic (exact) mass is 276 g/mol. The molecule has 0 bridgehead atoms. The third-order valence-electron chi connectivity index (χ3n) is 4.23. The van der Waals surface area contributed by atoms with Crippen LogP contribution in [0, 0.1) is 5.92 Å². The molecule has 0 spiro atoms. The topological polar surface area (TPSA) is 31.4 Å². The molecule has 1 fully saturated rings. The molecule has 0 unspecified atom stereocenters. The van der Waals surface area contributed by atoms with Crippen LogP contribution >= 0.6 is 0 Å². The molecule has 0 aromatic carbocycles. The van der Waals surface area contributed by atoms with Gasteiger partial charge in [0, 0.05) is 32.4 Å². The first-order valence-corrected chi connectivity index (χ1v) is 7.91. The first kappa shape index (κ1) is 15.3. The Labute approximate surface area is 123 Å². The maximum Gasteiger partial charge on any atom is 0.125 e. The van der Waals surface area contributed by atoms with Crippen LogP contribution < -0.4 is 5.32 Å². The average molecular weight is 276 g/mol. The summed E-state index contributed by atoms with van der Waals surface area (Å²) in [6.45, 7) is 12.7.